The summed E-state index contributed by atoms with van der Waals surface area (Å²) in [5.74, 6) is 0.717. The molecule has 1 aliphatic heterocycles. The minimum atomic E-state index is -0.244. The lowest BCUT2D eigenvalue weighted by molar-refractivity contribution is -0.140. The molecule has 130 valence electrons. The first-order chi connectivity index (χ1) is 12.1. The van der Waals surface area contributed by atoms with E-state index in [4.69, 9.17) is 9.47 Å². The summed E-state index contributed by atoms with van der Waals surface area (Å²) in [6.07, 6.45) is 7.65. The summed E-state index contributed by atoms with van der Waals surface area (Å²) in [5.41, 5.74) is 0.680. The van der Waals surface area contributed by atoms with Crippen molar-refractivity contribution in [3.63, 3.8) is 0 Å². The third-order valence-electron chi connectivity index (χ3n) is 5.49. The van der Waals surface area contributed by atoms with E-state index >= 15 is 0 Å². The molecule has 5 rings (SSSR count). The number of hydrazone groups is 1. The maximum absolute atomic E-state index is 12.7. The van der Waals surface area contributed by atoms with Crippen molar-refractivity contribution >= 4 is 18.0 Å². The van der Waals surface area contributed by atoms with E-state index in [1.807, 2.05) is 0 Å². The number of ether oxygens (including phenoxy) is 2. The quantitative estimate of drug-likeness (QED) is 0.479. The Hall–Kier alpha value is -2.63. The summed E-state index contributed by atoms with van der Waals surface area (Å²) in [6.45, 7) is 0. The molecule has 0 N–H and O–H groups in total. The minimum absolute atomic E-state index is 0.169. The zero-order valence-corrected chi connectivity index (χ0v) is 14.2. The molecule has 2 fully saturated rings. The van der Waals surface area contributed by atoms with Crippen LogP contribution in [0.1, 0.15) is 18.4 Å². The Bertz CT molecular complexity index is 754. The van der Waals surface area contributed by atoms with E-state index in [1.54, 1.807) is 32.4 Å². The van der Waals surface area contributed by atoms with Crippen molar-refractivity contribution in [1.29, 1.82) is 0 Å². The second-order valence-electron chi connectivity index (χ2n) is 6.68. The third-order valence-corrected chi connectivity index (χ3v) is 5.49. The van der Waals surface area contributed by atoms with Crippen molar-refractivity contribution in [2.75, 3.05) is 14.2 Å². The smallest absolute Gasteiger partial charge is 0.254 e. The van der Waals surface area contributed by atoms with Crippen LogP contribution in [0.3, 0.4) is 0 Å². The highest BCUT2D eigenvalue weighted by atomic mass is 16.5. The maximum Gasteiger partial charge on any atom is 0.254 e. The summed E-state index contributed by atoms with van der Waals surface area (Å²) in [7, 11) is 3.13. The van der Waals surface area contributed by atoms with E-state index in [2.05, 4.69) is 17.3 Å². The zero-order valence-electron chi connectivity index (χ0n) is 14.2. The summed E-state index contributed by atoms with van der Waals surface area (Å²) < 4.78 is 10.5. The van der Waals surface area contributed by atoms with Crippen LogP contribution in [0.25, 0.3) is 0 Å². The van der Waals surface area contributed by atoms with E-state index in [9.17, 15) is 9.59 Å². The van der Waals surface area contributed by atoms with Crippen molar-refractivity contribution in [3.05, 3.63) is 35.9 Å². The van der Waals surface area contributed by atoms with Crippen LogP contribution in [0.4, 0.5) is 0 Å². The number of carbonyl (C=O) groups excluding carboxylic acids is 2. The van der Waals surface area contributed by atoms with Gasteiger partial charge in [0.05, 0.1) is 32.3 Å². The van der Waals surface area contributed by atoms with Gasteiger partial charge in [0, 0.05) is 11.6 Å². The molecule has 0 spiro atoms. The van der Waals surface area contributed by atoms with Gasteiger partial charge < -0.3 is 9.47 Å². The van der Waals surface area contributed by atoms with Gasteiger partial charge >= 0.3 is 0 Å². The van der Waals surface area contributed by atoms with Crippen LogP contribution < -0.4 is 9.47 Å². The molecular weight excluding hydrogens is 320 g/mol. The Morgan fingerprint density at radius 3 is 2.20 bits per heavy atom. The Labute approximate surface area is 146 Å². The average molecular weight is 340 g/mol. The molecule has 2 amide bonds. The molecule has 1 saturated carbocycles. The molecule has 6 nitrogen and oxygen atoms in total. The van der Waals surface area contributed by atoms with Gasteiger partial charge in [0.2, 0.25) is 0 Å². The van der Waals surface area contributed by atoms with Gasteiger partial charge in [-0.1, -0.05) is 12.2 Å². The van der Waals surface area contributed by atoms with Crippen LogP contribution in [0.5, 0.6) is 11.5 Å². The summed E-state index contributed by atoms with van der Waals surface area (Å²) in [5, 5.41) is 5.25. The van der Waals surface area contributed by atoms with Gasteiger partial charge in [0.1, 0.15) is 11.5 Å². The zero-order chi connectivity index (χ0) is 17.6. The van der Waals surface area contributed by atoms with Crippen LogP contribution >= 0.6 is 0 Å². The first-order valence-electron chi connectivity index (χ1n) is 8.46. The number of rotatable bonds is 4. The predicted molar refractivity (Wildman–Crippen MR) is 91.3 cm³/mol. The van der Waals surface area contributed by atoms with Crippen LogP contribution in [0, 0.1) is 23.7 Å². The molecule has 6 heteroatoms. The molecule has 4 atom stereocenters. The molecule has 0 aromatic heterocycles. The molecule has 4 unspecified atom stereocenters. The Morgan fingerprint density at radius 1 is 1.04 bits per heavy atom. The van der Waals surface area contributed by atoms with Gasteiger partial charge in [-0.2, -0.15) is 10.1 Å². The number of hydrogen-bond acceptors (Lipinski definition) is 5. The highest BCUT2D eigenvalue weighted by Gasteiger charge is 2.56. The fourth-order valence-electron chi connectivity index (χ4n) is 4.22. The van der Waals surface area contributed by atoms with E-state index in [0.717, 1.165) is 17.9 Å². The van der Waals surface area contributed by atoms with Gasteiger partial charge in [-0.25, -0.2) is 0 Å². The van der Waals surface area contributed by atoms with Gasteiger partial charge in [-0.05, 0) is 36.8 Å². The fourth-order valence-corrected chi connectivity index (χ4v) is 4.22. The minimum Gasteiger partial charge on any atom is -0.497 e. The highest BCUT2D eigenvalue weighted by Crippen LogP contribution is 2.49. The van der Waals surface area contributed by atoms with E-state index < -0.39 is 0 Å². The predicted octanol–water partition coefficient (Wildman–Crippen LogP) is 2.23. The van der Waals surface area contributed by atoms with Crippen LogP contribution in [0.15, 0.2) is 35.5 Å². The van der Waals surface area contributed by atoms with Crippen molar-refractivity contribution in [1.82, 2.24) is 5.01 Å². The number of amides is 2. The van der Waals surface area contributed by atoms with Crippen LogP contribution in [-0.2, 0) is 9.59 Å². The Balaban J connectivity index is 1.60. The number of methoxy groups -OCH3 is 2. The average Bonchev–Trinajstić information content (AvgIpc) is 2.93. The molecular formula is C19H20N2O4. The fraction of sp³-hybridized carbons (Fsp3) is 0.421. The number of allylic oxidation sites excluding steroid dienone is 2. The number of benzene rings is 1. The van der Waals surface area contributed by atoms with E-state index in [-0.39, 0.29) is 35.5 Å². The number of fused-ring (bicyclic) bond motifs is 1. The van der Waals surface area contributed by atoms with E-state index in [1.165, 1.54) is 6.21 Å². The van der Waals surface area contributed by atoms with Crippen molar-refractivity contribution in [3.8, 4) is 11.5 Å². The lowest BCUT2D eigenvalue weighted by atomic mass is 9.63. The molecule has 0 radical (unpaired) electrons. The summed E-state index contributed by atoms with van der Waals surface area (Å²) >= 11 is 0. The summed E-state index contributed by atoms with van der Waals surface area (Å²) in [6, 6.07) is 5.30. The number of hydrogen-bond donors (Lipinski definition) is 0. The number of carbonyl (C=O) groups is 2. The Morgan fingerprint density at radius 2 is 1.68 bits per heavy atom. The lowest BCUT2D eigenvalue weighted by Crippen LogP contribution is -2.38. The van der Waals surface area contributed by atoms with Crippen molar-refractivity contribution in [2.24, 2.45) is 28.8 Å². The molecule has 4 aliphatic rings. The van der Waals surface area contributed by atoms with Gasteiger partial charge in [-0.15, -0.1) is 0 Å². The Kier molecular flexibility index (Phi) is 3.82. The standard InChI is InChI=1S/C19H20N2O4/c1-24-14-8-7-13(15(9-14)25-2)10-20-21-18(22)16-11-3-4-12(6-5-11)17(16)19(21)23/h3-4,7-12,16-17H,5-6H2,1-2H3/b20-10-. The molecule has 1 aromatic rings. The summed E-state index contributed by atoms with van der Waals surface area (Å²) in [4.78, 5) is 25.4. The molecule has 3 aliphatic carbocycles. The van der Waals surface area contributed by atoms with Gasteiger partial charge in [0.15, 0.2) is 0 Å². The molecule has 1 saturated heterocycles. The first kappa shape index (κ1) is 15.9. The second-order valence-corrected chi connectivity index (χ2v) is 6.68. The molecule has 25 heavy (non-hydrogen) atoms. The van der Waals surface area contributed by atoms with Gasteiger partial charge in [0.25, 0.3) is 11.8 Å². The van der Waals surface area contributed by atoms with Crippen molar-refractivity contribution in [2.45, 2.75) is 12.8 Å². The third kappa shape index (κ3) is 2.44. The van der Waals surface area contributed by atoms with Crippen LogP contribution in [-0.4, -0.2) is 37.3 Å². The largest absolute Gasteiger partial charge is 0.497 e. The first-order valence-corrected chi connectivity index (χ1v) is 8.46. The molecule has 1 aromatic carbocycles. The number of imide groups is 1. The highest BCUT2D eigenvalue weighted by molar-refractivity contribution is 6.06. The topological polar surface area (TPSA) is 68.2 Å². The monoisotopic (exact) mass is 340 g/mol. The molecule has 2 bridgehead atoms. The van der Waals surface area contributed by atoms with E-state index in [0.29, 0.717) is 17.1 Å². The SMILES string of the molecule is COc1ccc(/C=N\N2C(=O)C3C4C=CC(CC4)C3C2=O)c(OC)c1. The van der Waals surface area contributed by atoms with Crippen LogP contribution in [0.2, 0.25) is 0 Å². The molecule has 1 heterocycles. The van der Waals surface area contributed by atoms with Crippen molar-refractivity contribution < 1.29 is 19.1 Å². The maximum atomic E-state index is 12.7. The second kappa shape index (κ2) is 6.02. The van der Waals surface area contributed by atoms with Gasteiger partial charge in [-0.3, -0.25) is 9.59 Å². The normalized spacial score (nSPS) is 30.2. The lowest BCUT2D eigenvalue weighted by Gasteiger charge is -2.37. The number of nitrogens with zero attached hydrogens (tertiary/aromatic N) is 2.